The van der Waals surface area contributed by atoms with Crippen LogP contribution in [0.2, 0.25) is 0 Å². The van der Waals surface area contributed by atoms with Crippen molar-refractivity contribution in [3.05, 3.63) is 83.4 Å². The summed E-state index contributed by atoms with van der Waals surface area (Å²) in [7, 11) is 2.21. The highest BCUT2D eigenvalue weighted by molar-refractivity contribution is 5.85. The van der Waals surface area contributed by atoms with Gasteiger partial charge in [-0.3, -0.25) is 0 Å². The van der Waals surface area contributed by atoms with Crippen LogP contribution in [0.25, 0.3) is 10.8 Å². The summed E-state index contributed by atoms with van der Waals surface area (Å²) in [6.07, 6.45) is 1.08. The molecule has 0 fully saturated rings. The van der Waals surface area contributed by atoms with Gasteiger partial charge in [-0.15, -0.1) is 0 Å². The lowest BCUT2D eigenvalue weighted by Gasteiger charge is -2.21. The van der Waals surface area contributed by atoms with Crippen molar-refractivity contribution in [3.8, 4) is 0 Å². The average molecular weight is 332 g/mol. The number of likely N-dealkylation sites (N-methyl/N-ethyl adjacent to an activating group) is 1. The first-order valence-corrected chi connectivity index (χ1v) is 9.18. The predicted octanol–water partition coefficient (Wildman–Crippen LogP) is 5.81. The first-order chi connectivity index (χ1) is 11.9. The van der Waals surface area contributed by atoms with Gasteiger partial charge in [-0.1, -0.05) is 87.5 Å². The summed E-state index contributed by atoms with van der Waals surface area (Å²) in [5.41, 5.74) is 4.44. The Morgan fingerprint density at radius 3 is 2.20 bits per heavy atom. The number of nitrogens with zero attached hydrogens (tertiary/aromatic N) is 1. The first-order valence-electron chi connectivity index (χ1n) is 9.18. The van der Waals surface area contributed by atoms with Gasteiger partial charge in [0.15, 0.2) is 0 Å². The molecule has 0 saturated carbocycles. The summed E-state index contributed by atoms with van der Waals surface area (Å²) in [5.74, 6) is 0. The molecule has 0 heterocycles. The van der Waals surface area contributed by atoms with Gasteiger partial charge in [0.25, 0.3) is 0 Å². The Bertz CT molecular complexity index is 819. The van der Waals surface area contributed by atoms with Crippen LogP contribution in [-0.2, 0) is 18.4 Å². The summed E-state index contributed by atoms with van der Waals surface area (Å²) in [5, 5.41) is 2.72. The fourth-order valence-electron chi connectivity index (χ4n) is 3.32. The fourth-order valence-corrected chi connectivity index (χ4v) is 3.32. The van der Waals surface area contributed by atoms with Crippen LogP contribution in [0.15, 0.2) is 66.7 Å². The van der Waals surface area contributed by atoms with E-state index < -0.39 is 0 Å². The Balaban J connectivity index is 1.62. The molecule has 1 heteroatoms. The minimum atomic E-state index is 0.221. The average Bonchev–Trinajstić information content (AvgIpc) is 2.59. The SMILES string of the molecule is CN(CCc1cccc2ccccc12)Cc1ccc(C(C)(C)C)cc1. The molecule has 0 radical (unpaired) electrons. The van der Waals surface area contributed by atoms with Crippen LogP contribution >= 0.6 is 0 Å². The Labute approximate surface area is 152 Å². The Morgan fingerprint density at radius 1 is 0.800 bits per heavy atom. The molecule has 1 nitrogen and oxygen atoms in total. The number of benzene rings is 3. The zero-order chi connectivity index (χ0) is 17.9. The van der Waals surface area contributed by atoms with Gasteiger partial charge in [-0.25, -0.2) is 0 Å². The number of fused-ring (bicyclic) bond motifs is 1. The van der Waals surface area contributed by atoms with Crippen LogP contribution in [-0.4, -0.2) is 18.5 Å². The van der Waals surface area contributed by atoms with Crippen LogP contribution < -0.4 is 0 Å². The summed E-state index contributed by atoms with van der Waals surface area (Å²) in [6.45, 7) is 8.85. The van der Waals surface area contributed by atoms with Gasteiger partial charge in [0.05, 0.1) is 0 Å². The normalized spacial score (nSPS) is 12.0. The Kier molecular flexibility index (Phi) is 5.24. The second-order valence-electron chi connectivity index (χ2n) is 8.07. The lowest BCUT2D eigenvalue weighted by molar-refractivity contribution is 0.331. The lowest BCUT2D eigenvalue weighted by atomic mass is 9.87. The molecule has 25 heavy (non-hydrogen) atoms. The maximum absolute atomic E-state index is 2.41. The van der Waals surface area contributed by atoms with Crippen molar-refractivity contribution in [1.82, 2.24) is 4.90 Å². The standard InChI is InChI=1S/C24H29N/c1-24(2,3)22-14-12-19(13-15-22)18-25(4)17-16-21-10-7-9-20-8-5-6-11-23(20)21/h5-15H,16-18H2,1-4H3. The summed E-state index contributed by atoms with van der Waals surface area (Å²) < 4.78 is 0. The highest BCUT2D eigenvalue weighted by Gasteiger charge is 2.13. The van der Waals surface area contributed by atoms with E-state index in [1.54, 1.807) is 0 Å². The van der Waals surface area contributed by atoms with E-state index in [2.05, 4.69) is 99.4 Å². The molecule has 0 aliphatic rings. The molecule has 0 aromatic heterocycles. The maximum atomic E-state index is 2.41. The third-order valence-corrected chi connectivity index (χ3v) is 4.92. The van der Waals surface area contributed by atoms with Crippen molar-refractivity contribution in [3.63, 3.8) is 0 Å². The molecule has 0 amide bonds. The Morgan fingerprint density at radius 2 is 1.48 bits per heavy atom. The highest BCUT2D eigenvalue weighted by atomic mass is 15.1. The fraction of sp³-hybridized carbons (Fsp3) is 0.333. The van der Waals surface area contributed by atoms with Gasteiger partial charge in [0.1, 0.15) is 0 Å². The van der Waals surface area contributed by atoms with E-state index in [0.29, 0.717) is 0 Å². The van der Waals surface area contributed by atoms with Gasteiger partial charge in [0.2, 0.25) is 0 Å². The van der Waals surface area contributed by atoms with Gasteiger partial charge < -0.3 is 4.90 Å². The Hall–Kier alpha value is -2.12. The zero-order valence-corrected chi connectivity index (χ0v) is 15.9. The molecular weight excluding hydrogens is 302 g/mol. The molecule has 3 aromatic carbocycles. The largest absolute Gasteiger partial charge is 0.302 e. The molecule has 0 bridgehead atoms. The van der Waals surface area contributed by atoms with Crippen molar-refractivity contribution in [2.45, 2.75) is 39.2 Å². The molecule has 0 N–H and O–H groups in total. The molecular formula is C24H29N. The molecule has 0 saturated heterocycles. The van der Waals surface area contributed by atoms with Gasteiger partial charge in [0, 0.05) is 13.1 Å². The van der Waals surface area contributed by atoms with Crippen molar-refractivity contribution >= 4 is 10.8 Å². The highest BCUT2D eigenvalue weighted by Crippen LogP contribution is 2.23. The van der Waals surface area contributed by atoms with Crippen molar-refractivity contribution in [2.75, 3.05) is 13.6 Å². The first kappa shape index (κ1) is 17.7. The number of hydrogen-bond acceptors (Lipinski definition) is 1. The van der Waals surface area contributed by atoms with E-state index in [1.807, 2.05) is 0 Å². The van der Waals surface area contributed by atoms with Gasteiger partial charge >= 0.3 is 0 Å². The van der Waals surface area contributed by atoms with Gasteiger partial charge in [-0.2, -0.15) is 0 Å². The number of rotatable bonds is 5. The van der Waals surface area contributed by atoms with Crippen LogP contribution in [0.3, 0.4) is 0 Å². The molecule has 0 aliphatic heterocycles. The molecule has 0 aliphatic carbocycles. The molecule has 0 unspecified atom stereocenters. The van der Waals surface area contributed by atoms with Crippen LogP contribution in [0, 0.1) is 0 Å². The molecule has 3 rings (SSSR count). The zero-order valence-electron chi connectivity index (χ0n) is 15.9. The molecule has 130 valence electrons. The van der Waals surface area contributed by atoms with Crippen LogP contribution in [0.5, 0.6) is 0 Å². The third kappa shape index (κ3) is 4.49. The predicted molar refractivity (Wildman–Crippen MR) is 109 cm³/mol. The molecule has 3 aromatic rings. The minimum Gasteiger partial charge on any atom is -0.302 e. The molecule has 0 spiro atoms. The van der Waals surface area contributed by atoms with E-state index in [-0.39, 0.29) is 5.41 Å². The monoisotopic (exact) mass is 331 g/mol. The maximum Gasteiger partial charge on any atom is 0.0230 e. The topological polar surface area (TPSA) is 3.24 Å². The molecule has 0 atom stereocenters. The smallest absolute Gasteiger partial charge is 0.0230 e. The second kappa shape index (κ2) is 7.41. The van der Waals surface area contributed by atoms with Gasteiger partial charge in [-0.05, 0) is 46.3 Å². The van der Waals surface area contributed by atoms with Crippen molar-refractivity contribution in [1.29, 1.82) is 0 Å². The van der Waals surface area contributed by atoms with E-state index in [4.69, 9.17) is 0 Å². The number of hydrogen-bond donors (Lipinski definition) is 0. The van der Waals surface area contributed by atoms with E-state index in [0.717, 1.165) is 19.5 Å². The van der Waals surface area contributed by atoms with E-state index >= 15 is 0 Å². The quantitative estimate of drug-likeness (QED) is 0.570. The summed E-state index contributed by atoms with van der Waals surface area (Å²) in [4.78, 5) is 2.41. The summed E-state index contributed by atoms with van der Waals surface area (Å²) in [6, 6.07) is 24.4. The minimum absolute atomic E-state index is 0.221. The summed E-state index contributed by atoms with van der Waals surface area (Å²) >= 11 is 0. The lowest BCUT2D eigenvalue weighted by Crippen LogP contribution is -2.21. The van der Waals surface area contributed by atoms with Crippen molar-refractivity contribution in [2.24, 2.45) is 0 Å². The van der Waals surface area contributed by atoms with Crippen LogP contribution in [0.4, 0.5) is 0 Å². The van der Waals surface area contributed by atoms with Crippen molar-refractivity contribution < 1.29 is 0 Å². The second-order valence-corrected chi connectivity index (χ2v) is 8.07. The third-order valence-electron chi connectivity index (χ3n) is 4.92. The van der Waals surface area contributed by atoms with E-state index in [1.165, 1.54) is 27.5 Å². The van der Waals surface area contributed by atoms with Crippen LogP contribution in [0.1, 0.15) is 37.5 Å². The van der Waals surface area contributed by atoms with E-state index in [9.17, 15) is 0 Å².